The van der Waals surface area contributed by atoms with Gasteiger partial charge >= 0.3 is 0 Å². The summed E-state index contributed by atoms with van der Waals surface area (Å²) in [5.74, 6) is 2.93. The van der Waals surface area contributed by atoms with Crippen LogP contribution >= 0.6 is 0 Å². The molecule has 0 aromatic heterocycles. The fourth-order valence-corrected chi connectivity index (χ4v) is 2.80. The topological polar surface area (TPSA) is 27.6 Å². The Kier molecular flexibility index (Phi) is 4.30. The molecule has 0 radical (unpaired) electrons. The molecule has 3 heteroatoms. The monoisotopic (exact) mass is 237 g/mol. The van der Waals surface area contributed by atoms with E-state index in [1.807, 2.05) is 7.05 Å². The minimum atomic E-state index is 0.702. The number of guanidine groups is 1. The number of aliphatic imine (C=N–C) groups is 1. The summed E-state index contributed by atoms with van der Waals surface area (Å²) in [6, 6.07) is 0.702. The number of nitrogens with zero attached hydrogens (tertiary/aromatic N) is 2. The van der Waals surface area contributed by atoms with E-state index >= 15 is 0 Å². The molecular weight excluding hydrogens is 210 g/mol. The maximum Gasteiger partial charge on any atom is 0.193 e. The number of hydrogen-bond acceptors (Lipinski definition) is 1. The third-order valence-electron chi connectivity index (χ3n) is 4.19. The molecule has 2 fully saturated rings. The SMILES string of the molecule is CCCC1CC1NC(=NC)N1CCC(C)CC1. The zero-order chi connectivity index (χ0) is 12.3. The van der Waals surface area contributed by atoms with Crippen LogP contribution in [-0.2, 0) is 0 Å². The normalized spacial score (nSPS) is 30.5. The number of piperidine rings is 1. The first kappa shape index (κ1) is 12.7. The molecule has 2 aliphatic rings. The quantitative estimate of drug-likeness (QED) is 0.603. The van der Waals surface area contributed by atoms with Gasteiger partial charge in [0.2, 0.25) is 0 Å². The van der Waals surface area contributed by atoms with Crippen molar-refractivity contribution < 1.29 is 0 Å². The second kappa shape index (κ2) is 5.74. The fraction of sp³-hybridized carbons (Fsp3) is 0.929. The van der Waals surface area contributed by atoms with Gasteiger partial charge in [-0.1, -0.05) is 20.3 Å². The zero-order valence-corrected chi connectivity index (χ0v) is 11.6. The van der Waals surface area contributed by atoms with Crippen molar-refractivity contribution in [1.29, 1.82) is 0 Å². The van der Waals surface area contributed by atoms with Crippen LogP contribution in [0.5, 0.6) is 0 Å². The lowest BCUT2D eigenvalue weighted by atomic mass is 10.00. The Hall–Kier alpha value is -0.730. The second-order valence-corrected chi connectivity index (χ2v) is 5.75. The van der Waals surface area contributed by atoms with Gasteiger partial charge in [0.1, 0.15) is 0 Å². The Labute approximate surface area is 106 Å². The summed E-state index contributed by atoms with van der Waals surface area (Å²) < 4.78 is 0. The molecule has 17 heavy (non-hydrogen) atoms. The van der Waals surface area contributed by atoms with Crippen LogP contribution in [0, 0.1) is 11.8 Å². The highest BCUT2D eigenvalue weighted by molar-refractivity contribution is 5.80. The minimum Gasteiger partial charge on any atom is -0.353 e. The molecule has 0 spiro atoms. The van der Waals surface area contributed by atoms with Gasteiger partial charge in [0.25, 0.3) is 0 Å². The van der Waals surface area contributed by atoms with Crippen LogP contribution in [0.1, 0.15) is 46.0 Å². The minimum absolute atomic E-state index is 0.702. The lowest BCUT2D eigenvalue weighted by Crippen LogP contribution is -2.46. The molecule has 1 N–H and O–H groups in total. The fourth-order valence-electron chi connectivity index (χ4n) is 2.80. The van der Waals surface area contributed by atoms with Crippen molar-refractivity contribution in [2.45, 2.75) is 52.0 Å². The van der Waals surface area contributed by atoms with Crippen LogP contribution in [0.25, 0.3) is 0 Å². The van der Waals surface area contributed by atoms with E-state index in [1.54, 1.807) is 0 Å². The summed E-state index contributed by atoms with van der Waals surface area (Å²) in [5.41, 5.74) is 0. The number of likely N-dealkylation sites (tertiary alicyclic amines) is 1. The molecule has 0 amide bonds. The average Bonchev–Trinajstić information content (AvgIpc) is 3.06. The van der Waals surface area contributed by atoms with Crippen LogP contribution in [0.3, 0.4) is 0 Å². The smallest absolute Gasteiger partial charge is 0.193 e. The Balaban J connectivity index is 1.78. The van der Waals surface area contributed by atoms with Gasteiger partial charge in [-0.05, 0) is 37.5 Å². The second-order valence-electron chi connectivity index (χ2n) is 5.75. The Morgan fingerprint density at radius 1 is 1.35 bits per heavy atom. The van der Waals surface area contributed by atoms with Crippen molar-refractivity contribution in [2.24, 2.45) is 16.8 Å². The van der Waals surface area contributed by atoms with E-state index in [2.05, 4.69) is 29.1 Å². The van der Waals surface area contributed by atoms with Crippen LogP contribution in [0.2, 0.25) is 0 Å². The molecule has 1 aliphatic heterocycles. The molecule has 1 aliphatic carbocycles. The summed E-state index contributed by atoms with van der Waals surface area (Å²) in [7, 11) is 1.91. The van der Waals surface area contributed by atoms with Crippen LogP contribution in [-0.4, -0.2) is 37.0 Å². The molecule has 0 aromatic rings. The highest BCUT2D eigenvalue weighted by Crippen LogP contribution is 2.34. The largest absolute Gasteiger partial charge is 0.353 e. The molecule has 0 bridgehead atoms. The molecular formula is C14H27N3. The van der Waals surface area contributed by atoms with Crippen molar-refractivity contribution in [3.63, 3.8) is 0 Å². The van der Waals surface area contributed by atoms with Crippen molar-refractivity contribution in [1.82, 2.24) is 10.2 Å². The van der Waals surface area contributed by atoms with Crippen LogP contribution < -0.4 is 5.32 Å². The Morgan fingerprint density at radius 2 is 2.06 bits per heavy atom. The number of hydrogen-bond donors (Lipinski definition) is 1. The molecule has 1 heterocycles. The lowest BCUT2D eigenvalue weighted by Gasteiger charge is -2.33. The van der Waals surface area contributed by atoms with E-state index < -0.39 is 0 Å². The number of rotatable bonds is 3. The van der Waals surface area contributed by atoms with Gasteiger partial charge in [0, 0.05) is 26.2 Å². The van der Waals surface area contributed by atoms with Crippen LogP contribution in [0.4, 0.5) is 0 Å². The van der Waals surface area contributed by atoms with Crippen molar-refractivity contribution in [2.75, 3.05) is 20.1 Å². The first-order chi connectivity index (χ1) is 8.24. The van der Waals surface area contributed by atoms with Gasteiger partial charge < -0.3 is 10.2 Å². The summed E-state index contributed by atoms with van der Waals surface area (Å²) >= 11 is 0. The Bertz CT molecular complexity index is 267. The third-order valence-corrected chi connectivity index (χ3v) is 4.19. The predicted molar refractivity (Wildman–Crippen MR) is 73.3 cm³/mol. The molecule has 0 aromatic carbocycles. The van der Waals surface area contributed by atoms with Gasteiger partial charge in [0.05, 0.1) is 0 Å². The van der Waals surface area contributed by atoms with Crippen molar-refractivity contribution in [3.8, 4) is 0 Å². The van der Waals surface area contributed by atoms with Crippen molar-refractivity contribution in [3.05, 3.63) is 0 Å². The lowest BCUT2D eigenvalue weighted by molar-refractivity contribution is 0.273. The molecule has 2 atom stereocenters. The van der Waals surface area contributed by atoms with Crippen molar-refractivity contribution >= 4 is 5.96 Å². The Morgan fingerprint density at radius 3 is 2.65 bits per heavy atom. The van der Waals surface area contributed by atoms with E-state index in [-0.39, 0.29) is 0 Å². The first-order valence-corrected chi connectivity index (χ1v) is 7.22. The summed E-state index contributed by atoms with van der Waals surface area (Å²) in [5, 5.41) is 3.64. The maximum atomic E-state index is 4.44. The zero-order valence-electron chi connectivity index (χ0n) is 11.6. The first-order valence-electron chi connectivity index (χ1n) is 7.22. The molecule has 1 saturated carbocycles. The summed E-state index contributed by atoms with van der Waals surface area (Å²) in [4.78, 5) is 6.87. The molecule has 1 saturated heterocycles. The van der Waals surface area contributed by atoms with E-state index in [1.165, 1.54) is 45.2 Å². The van der Waals surface area contributed by atoms with E-state index in [4.69, 9.17) is 0 Å². The summed E-state index contributed by atoms with van der Waals surface area (Å²) in [6.45, 7) is 6.97. The van der Waals surface area contributed by atoms with E-state index in [0.29, 0.717) is 6.04 Å². The molecule has 98 valence electrons. The van der Waals surface area contributed by atoms with Gasteiger partial charge in [-0.2, -0.15) is 0 Å². The van der Waals surface area contributed by atoms with E-state index in [0.717, 1.165) is 17.8 Å². The summed E-state index contributed by atoms with van der Waals surface area (Å²) in [6.07, 6.45) is 6.64. The highest BCUT2D eigenvalue weighted by atomic mass is 15.3. The van der Waals surface area contributed by atoms with Gasteiger partial charge in [-0.15, -0.1) is 0 Å². The van der Waals surface area contributed by atoms with Gasteiger partial charge in [0.15, 0.2) is 5.96 Å². The maximum absolute atomic E-state index is 4.44. The highest BCUT2D eigenvalue weighted by Gasteiger charge is 2.37. The predicted octanol–water partition coefficient (Wildman–Crippen LogP) is 2.48. The van der Waals surface area contributed by atoms with Gasteiger partial charge in [-0.25, -0.2) is 0 Å². The van der Waals surface area contributed by atoms with Crippen LogP contribution in [0.15, 0.2) is 4.99 Å². The standard InChI is InChI=1S/C14H27N3/c1-4-5-12-10-13(12)16-14(15-3)17-8-6-11(2)7-9-17/h11-13H,4-10H2,1-3H3,(H,15,16). The molecule has 2 unspecified atom stereocenters. The number of nitrogens with one attached hydrogen (secondary N) is 1. The molecule has 3 nitrogen and oxygen atoms in total. The average molecular weight is 237 g/mol. The van der Waals surface area contributed by atoms with E-state index in [9.17, 15) is 0 Å². The third kappa shape index (κ3) is 3.36. The van der Waals surface area contributed by atoms with Gasteiger partial charge in [-0.3, -0.25) is 4.99 Å². The molecule has 2 rings (SSSR count).